The van der Waals surface area contributed by atoms with E-state index in [4.69, 9.17) is 9.47 Å². The lowest BCUT2D eigenvalue weighted by atomic mass is 10.1. The highest BCUT2D eigenvalue weighted by Gasteiger charge is 2.28. The third-order valence-electron chi connectivity index (χ3n) is 6.18. The van der Waals surface area contributed by atoms with Crippen molar-refractivity contribution in [1.29, 1.82) is 0 Å². The summed E-state index contributed by atoms with van der Waals surface area (Å²) in [6.07, 6.45) is 5.21. The minimum atomic E-state index is -0.543. The number of rotatable bonds is 8. The summed E-state index contributed by atoms with van der Waals surface area (Å²) in [5.41, 5.74) is 1.99. The van der Waals surface area contributed by atoms with Crippen molar-refractivity contribution < 1.29 is 19.1 Å². The Labute approximate surface area is 197 Å². The van der Waals surface area contributed by atoms with E-state index in [9.17, 15) is 9.59 Å². The fraction of sp³-hybridized carbons (Fsp3) is 0.440. The molecule has 1 N–H and O–H groups in total. The second kappa shape index (κ2) is 10.4. The van der Waals surface area contributed by atoms with E-state index in [1.165, 1.54) is 0 Å². The van der Waals surface area contributed by atoms with Gasteiger partial charge < -0.3 is 19.7 Å². The number of hydrogen-bond donors (Lipinski definition) is 1. The summed E-state index contributed by atoms with van der Waals surface area (Å²) >= 11 is 3.49. The lowest BCUT2D eigenvalue weighted by Crippen LogP contribution is -2.49. The highest BCUT2D eigenvalue weighted by Crippen LogP contribution is 2.33. The maximum atomic E-state index is 13.3. The van der Waals surface area contributed by atoms with Gasteiger partial charge in [0, 0.05) is 23.5 Å². The topological polar surface area (TPSA) is 67.9 Å². The Hall–Kier alpha value is -2.54. The van der Waals surface area contributed by atoms with Crippen molar-refractivity contribution in [3.8, 4) is 11.5 Å². The minimum absolute atomic E-state index is 0.0447. The van der Waals surface area contributed by atoms with Crippen LogP contribution in [0.2, 0.25) is 0 Å². The molecule has 170 valence electrons. The van der Waals surface area contributed by atoms with Crippen LogP contribution < -0.4 is 14.8 Å². The van der Waals surface area contributed by atoms with Gasteiger partial charge in [0.15, 0.2) is 11.5 Å². The van der Waals surface area contributed by atoms with Crippen LogP contribution in [-0.4, -0.2) is 35.6 Å². The van der Waals surface area contributed by atoms with Crippen molar-refractivity contribution >= 4 is 27.7 Å². The number of halogens is 1. The zero-order valence-corrected chi connectivity index (χ0v) is 19.9. The Kier molecular flexibility index (Phi) is 7.35. The first-order chi connectivity index (χ1) is 15.5. The number of carbonyl (C=O) groups excluding carboxylic acids is 2. The molecule has 4 rings (SSSR count). The molecule has 6 nitrogen and oxygen atoms in total. The van der Waals surface area contributed by atoms with Crippen molar-refractivity contribution in [2.75, 3.05) is 6.79 Å². The summed E-state index contributed by atoms with van der Waals surface area (Å²) in [7, 11) is 0. The van der Waals surface area contributed by atoms with Gasteiger partial charge in [0.05, 0.1) is 0 Å². The SMILES string of the molecule is C[C@@H](C(=O)NC1CCCC1)N(Cc1cccc(Br)c1)C(=O)CCc1ccc2c(c1)OCO2. The van der Waals surface area contributed by atoms with Crippen molar-refractivity contribution in [1.82, 2.24) is 10.2 Å². The minimum Gasteiger partial charge on any atom is -0.454 e. The first-order valence-electron chi connectivity index (χ1n) is 11.2. The van der Waals surface area contributed by atoms with E-state index in [1.807, 2.05) is 49.4 Å². The van der Waals surface area contributed by atoms with Crippen LogP contribution in [0, 0.1) is 0 Å². The van der Waals surface area contributed by atoms with Gasteiger partial charge in [-0.2, -0.15) is 0 Å². The number of nitrogens with one attached hydrogen (secondary N) is 1. The Bertz CT molecular complexity index is 974. The number of ether oxygens (including phenoxy) is 2. The molecule has 2 aromatic carbocycles. The standard InChI is InChI=1S/C25H29BrN2O4/c1-17(25(30)27-21-7-2-3-8-21)28(15-19-5-4-6-20(26)13-19)24(29)12-10-18-9-11-22-23(14-18)32-16-31-22/h4-6,9,11,13-14,17,21H,2-3,7-8,10,12,15-16H2,1H3,(H,27,30)/t17-/m0/s1. The summed E-state index contributed by atoms with van der Waals surface area (Å²) in [5.74, 6) is 1.32. The van der Waals surface area contributed by atoms with Gasteiger partial charge in [0.25, 0.3) is 0 Å². The van der Waals surface area contributed by atoms with Crippen LogP contribution in [-0.2, 0) is 22.6 Å². The third-order valence-corrected chi connectivity index (χ3v) is 6.67. The number of carbonyl (C=O) groups is 2. The van der Waals surface area contributed by atoms with Gasteiger partial charge in [-0.05, 0) is 61.6 Å². The monoisotopic (exact) mass is 500 g/mol. The average molecular weight is 501 g/mol. The lowest BCUT2D eigenvalue weighted by molar-refractivity contribution is -0.140. The molecule has 2 aromatic rings. The van der Waals surface area contributed by atoms with E-state index in [0.29, 0.717) is 25.1 Å². The first-order valence-corrected chi connectivity index (χ1v) is 12.0. The number of amides is 2. The van der Waals surface area contributed by atoms with E-state index in [1.54, 1.807) is 4.90 Å². The normalized spacial score (nSPS) is 16.1. The van der Waals surface area contributed by atoms with E-state index < -0.39 is 6.04 Å². The molecule has 0 aromatic heterocycles. The Balaban J connectivity index is 1.45. The molecule has 2 aliphatic rings. The van der Waals surface area contributed by atoms with Crippen LogP contribution in [0.3, 0.4) is 0 Å². The molecule has 0 bridgehead atoms. The van der Waals surface area contributed by atoms with Gasteiger partial charge in [0.1, 0.15) is 6.04 Å². The maximum absolute atomic E-state index is 13.3. The maximum Gasteiger partial charge on any atom is 0.242 e. The number of hydrogen-bond acceptors (Lipinski definition) is 4. The molecule has 0 unspecified atom stereocenters. The summed E-state index contributed by atoms with van der Waals surface area (Å²) in [4.78, 5) is 28.0. The Morgan fingerprint density at radius 2 is 1.88 bits per heavy atom. The van der Waals surface area contributed by atoms with Crippen LogP contribution in [0.15, 0.2) is 46.9 Å². The van der Waals surface area contributed by atoms with E-state index in [0.717, 1.165) is 47.0 Å². The molecule has 0 radical (unpaired) electrons. The molecule has 1 heterocycles. The second-order valence-electron chi connectivity index (χ2n) is 8.51. The molecule has 1 saturated carbocycles. The van der Waals surface area contributed by atoms with Crippen molar-refractivity contribution in [3.63, 3.8) is 0 Å². The molecule has 0 spiro atoms. The molecule has 2 amide bonds. The largest absolute Gasteiger partial charge is 0.454 e. The van der Waals surface area contributed by atoms with Crippen LogP contribution in [0.4, 0.5) is 0 Å². The van der Waals surface area contributed by atoms with E-state index in [-0.39, 0.29) is 24.6 Å². The summed E-state index contributed by atoms with van der Waals surface area (Å²) < 4.78 is 11.8. The van der Waals surface area contributed by atoms with Gasteiger partial charge in [-0.25, -0.2) is 0 Å². The first kappa shape index (κ1) is 22.6. The number of benzene rings is 2. The third kappa shape index (κ3) is 5.63. The molecular formula is C25H29BrN2O4. The van der Waals surface area contributed by atoms with Gasteiger partial charge in [-0.3, -0.25) is 9.59 Å². The van der Waals surface area contributed by atoms with Crippen LogP contribution in [0.1, 0.15) is 50.2 Å². The fourth-order valence-corrected chi connectivity index (χ4v) is 4.74. The van der Waals surface area contributed by atoms with Crippen molar-refractivity contribution in [2.45, 2.75) is 64.1 Å². The van der Waals surface area contributed by atoms with Crippen LogP contribution >= 0.6 is 15.9 Å². The summed E-state index contributed by atoms with van der Waals surface area (Å²) in [6, 6.07) is 13.3. The molecule has 0 saturated heterocycles. The van der Waals surface area contributed by atoms with E-state index >= 15 is 0 Å². The molecular weight excluding hydrogens is 472 g/mol. The molecule has 1 atom stereocenters. The van der Waals surface area contributed by atoms with Crippen molar-refractivity contribution in [2.24, 2.45) is 0 Å². The Morgan fingerprint density at radius 3 is 2.66 bits per heavy atom. The molecule has 32 heavy (non-hydrogen) atoms. The van der Waals surface area contributed by atoms with E-state index in [2.05, 4.69) is 21.2 Å². The summed E-state index contributed by atoms with van der Waals surface area (Å²) in [5, 5.41) is 3.14. The zero-order chi connectivity index (χ0) is 22.5. The van der Waals surface area contributed by atoms with Gasteiger partial charge in [-0.1, -0.05) is 47.0 Å². The Morgan fingerprint density at radius 1 is 1.09 bits per heavy atom. The van der Waals surface area contributed by atoms with Crippen LogP contribution in [0.25, 0.3) is 0 Å². The predicted molar refractivity (Wildman–Crippen MR) is 125 cm³/mol. The molecule has 1 aliphatic heterocycles. The fourth-order valence-electron chi connectivity index (χ4n) is 4.30. The summed E-state index contributed by atoms with van der Waals surface area (Å²) in [6.45, 7) is 2.44. The lowest BCUT2D eigenvalue weighted by Gasteiger charge is -2.30. The molecule has 1 aliphatic carbocycles. The number of nitrogens with zero attached hydrogens (tertiary/aromatic N) is 1. The molecule has 1 fully saturated rings. The number of fused-ring (bicyclic) bond motifs is 1. The highest BCUT2D eigenvalue weighted by atomic mass is 79.9. The average Bonchev–Trinajstić information content (AvgIpc) is 3.47. The van der Waals surface area contributed by atoms with Gasteiger partial charge >= 0.3 is 0 Å². The number of aryl methyl sites for hydroxylation is 1. The zero-order valence-electron chi connectivity index (χ0n) is 18.3. The molecule has 7 heteroatoms. The second-order valence-corrected chi connectivity index (χ2v) is 9.42. The van der Waals surface area contributed by atoms with Gasteiger partial charge in [-0.15, -0.1) is 0 Å². The smallest absolute Gasteiger partial charge is 0.242 e. The quantitative estimate of drug-likeness (QED) is 0.575. The van der Waals surface area contributed by atoms with Gasteiger partial charge in [0.2, 0.25) is 18.6 Å². The predicted octanol–water partition coefficient (Wildman–Crippen LogP) is 4.59. The van der Waals surface area contributed by atoms with Crippen LogP contribution in [0.5, 0.6) is 11.5 Å². The van der Waals surface area contributed by atoms with Crippen molar-refractivity contribution in [3.05, 3.63) is 58.1 Å². The highest BCUT2D eigenvalue weighted by molar-refractivity contribution is 9.10.